The van der Waals surface area contributed by atoms with E-state index in [9.17, 15) is 5.11 Å². The first-order chi connectivity index (χ1) is 14.7. The topological polar surface area (TPSA) is 70.9 Å². The van der Waals surface area contributed by atoms with E-state index in [0.717, 1.165) is 57.4 Å². The minimum Gasteiger partial charge on any atom is -0.394 e. The van der Waals surface area contributed by atoms with E-state index in [2.05, 4.69) is 36.5 Å². The number of aliphatic hydroxyl groups is 1. The molecule has 0 fully saturated rings. The lowest BCUT2D eigenvalue weighted by atomic mass is 10.0. The standard InChI is InChI=1S/C23H24N4OS2/c1-3-14(12-28)24-21-20-19(26-23(27-21)29-2)17-15-10-7-11-16(15)18(25-22(17)30-20)13-8-5-4-6-9-13/h4-6,8-9,14,28H,3,7,10-12H2,1-2H3,(H,24,26,27)/t14-/m0/s1. The second-order valence-electron chi connectivity index (χ2n) is 7.59. The fourth-order valence-corrected chi connectivity index (χ4v) is 5.70. The third-order valence-corrected chi connectivity index (χ3v) is 7.42. The molecule has 5 rings (SSSR count). The van der Waals surface area contributed by atoms with Crippen molar-refractivity contribution in [1.29, 1.82) is 0 Å². The van der Waals surface area contributed by atoms with Gasteiger partial charge in [-0.1, -0.05) is 49.0 Å². The zero-order chi connectivity index (χ0) is 20.7. The van der Waals surface area contributed by atoms with Crippen molar-refractivity contribution in [3.63, 3.8) is 0 Å². The van der Waals surface area contributed by atoms with Crippen molar-refractivity contribution in [2.75, 3.05) is 18.2 Å². The zero-order valence-electron chi connectivity index (χ0n) is 17.1. The Morgan fingerprint density at radius 3 is 2.67 bits per heavy atom. The van der Waals surface area contributed by atoms with Gasteiger partial charge in [-0.2, -0.15) is 0 Å². The molecule has 0 saturated heterocycles. The van der Waals surface area contributed by atoms with Gasteiger partial charge in [-0.25, -0.2) is 15.0 Å². The van der Waals surface area contributed by atoms with E-state index in [1.54, 1.807) is 23.1 Å². The highest BCUT2D eigenvalue weighted by molar-refractivity contribution is 7.98. The Morgan fingerprint density at radius 2 is 1.93 bits per heavy atom. The number of anilines is 1. The van der Waals surface area contributed by atoms with Crippen molar-refractivity contribution in [3.8, 4) is 11.3 Å². The molecular formula is C23H24N4OS2. The summed E-state index contributed by atoms with van der Waals surface area (Å²) in [7, 11) is 0. The number of nitrogens with zero attached hydrogens (tertiary/aromatic N) is 3. The maximum Gasteiger partial charge on any atom is 0.189 e. The molecule has 0 amide bonds. The number of fused-ring (bicyclic) bond motifs is 5. The number of aromatic nitrogens is 3. The first kappa shape index (κ1) is 19.7. The van der Waals surface area contributed by atoms with Gasteiger partial charge in [0.2, 0.25) is 0 Å². The summed E-state index contributed by atoms with van der Waals surface area (Å²) in [5.74, 6) is 0.807. The summed E-state index contributed by atoms with van der Waals surface area (Å²) in [5, 5.41) is 15.1. The van der Waals surface area contributed by atoms with E-state index in [1.807, 2.05) is 12.3 Å². The predicted octanol–water partition coefficient (Wildman–Crippen LogP) is 5.30. The molecule has 5 nitrogen and oxygen atoms in total. The molecule has 2 N–H and O–H groups in total. The molecule has 3 heterocycles. The highest BCUT2D eigenvalue weighted by atomic mass is 32.2. The molecule has 1 atom stereocenters. The van der Waals surface area contributed by atoms with Crippen LogP contribution in [0.4, 0.5) is 5.82 Å². The number of aliphatic hydroxyl groups excluding tert-OH is 1. The van der Waals surface area contributed by atoms with Crippen LogP contribution in [0.15, 0.2) is 35.5 Å². The molecule has 1 aliphatic rings. The molecule has 0 saturated carbocycles. The lowest BCUT2D eigenvalue weighted by molar-refractivity contribution is 0.271. The molecule has 0 aliphatic heterocycles. The molecule has 0 unspecified atom stereocenters. The lowest BCUT2D eigenvalue weighted by Gasteiger charge is -2.15. The second-order valence-corrected chi connectivity index (χ2v) is 9.36. The van der Waals surface area contributed by atoms with Crippen molar-refractivity contribution in [1.82, 2.24) is 15.0 Å². The third kappa shape index (κ3) is 3.25. The summed E-state index contributed by atoms with van der Waals surface area (Å²) in [5.41, 5.74) is 6.05. The molecule has 7 heteroatoms. The highest BCUT2D eigenvalue weighted by Gasteiger charge is 2.25. The van der Waals surface area contributed by atoms with Crippen molar-refractivity contribution < 1.29 is 5.11 Å². The SMILES string of the molecule is CC[C@@H](CO)Nc1nc(SC)nc2c1sc1nc(-c3ccccc3)c3c(c12)CCC3. The fourth-order valence-electron chi connectivity index (χ4n) is 4.24. The minimum absolute atomic E-state index is 0.0263. The monoisotopic (exact) mass is 436 g/mol. The van der Waals surface area contributed by atoms with E-state index in [-0.39, 0.29) is 12.6 Å². The van der Waals surface area contributed by atoms with Crippen molar-refractivity contribution in [2.45, 2.75) is 43.8 Å². The average molecular weight is 437 g/mol. The maximum absolute atomic E-state index is 9.69. The Balaban J connectivity index is 1.79. The van der Waals surface area contributed by atoms with Gasteiger partial charge in [0.15, 0.2) is 5.16 Å². The van der Waals surface area contributed by atoms with E-state index in [4.69, 9.17) is 15.0 Å². The van der Waals surface area contributed by atoms with E-state index >= 15 is 0 Å². The zero-order valence-corrected chi connectivity index (χ0v) is 18.7. The summed E-state index contributed by atoms with van der Waals surface area (Å²) in [6.07, 6.45) is 6.11. The number of rotatable bonds is 6. The van der Waals surface area contributed by atoms with Crippen LogP contribution >= 0.6 is 23.1 Å². The fraction of sp³-hybridized carbons (Fsp3) is 0.348. The minimum atomic E-state index is -0.0263. The number of hydrogen-bond donors (Lipinski definition) is 2. The van der Waals surface area contributed by atoms with Gasteiger partial charge in [0.1, 0.15) is 10.6 Å². The van der Waals surface area contributed by atoms with Gasteiger partial charge >= 0.3 is 0 Å². The summed E-state index contributed by atoms with van der Waals surface area (Å²) in [6, 6.07) is 10.5. The van der Waals surface area contributed by atoms with Crippen LogP contribution < -0.4 is 5.32 Å². The Morgan fingerprint density at radius 1 is 1.13 bits per heavy atom. The average Bonchev–Trinajstić information content (AvgIpc) is 3.41. The molecule has 4 aromatic rings. The summed E-state index contributed by atoms with van der Waals surface area (Å²) >= 11 is 3.20. The second kappa shape index (κ2) is 8.13. The van der Waals surface area contributed by atoms with Gasteiger partial charge < -0.3 is 10.4 Å². The van der Waals surface area contributed by atoms with Gasteiger partial charge in [-0.05, 0) is 43.1 Å². The smallest absolute Gasteiger partial charge is 0.189 e. The van der Waals surface area contributed by atoms with Crippen LogP contribution in [0.25, 0.3) is 31.7 Å². The molecule has 1 aliphatic carbocycles. The van der Waals surface area contributed by atoms with Gasteiger partial charge in [-0.15, -0.1) is 11.3 Å². The lowest BCUT2D eigenvalue weighted by Crippen LogP contribution is -2.23. The maximum atomic E-state index is 9.69. The number of hydrogen-bond acceptors (Lipinski definition) is 7. The number of aryl methyl sites for hydroxylation is 1. The molecule has 0 radical (unpaired) electrons. The van der Waals surface area contributed by atoms with Crippen molar-refractivity contribution in [3.05, 3.63) is 41.5 Å². The third-order valence-electron chi connectivity index (χ3n) is 5.80. The van der Waals surface area contributed by atoms with E-state index in [0.29, 0.717) is 0 Å². The first-order valence-corrected chi connectivity index (χ1v) is 12.4. The van der Waals surface area contributed by atoms with Crippen LogP contribution in [-0.2, 0) is 12.8 Å². The van der Waals surface area contributed by atoms with Gasteiger partial charge in [0.25, 0.3) is 0 Å². The number of benzene rings is 1. The summed E-state index contributed by atoms with van der Waals surface area (Å²) < 4.78 is 1.03. The number of thiophene rings is 1. The first-order valence-electron chi connectivity index (χ1n) is 10.4. The van der Waals surface area contributed by atoms with Crippen LogP contribution in [0.1, 0.15) is 30.9 Å². The Bertz CT molecular complexity index is 1220. The number of nitrogens with one attached hydrogen (secondary N) is 1. The largest absolute Gasteiger partial charge is 0.394 e. The summed E-state index contributed by atoms with van der Waals surface area (Å²) in [4.78, 5) is 15.8. The van der Waals surface area contributed by atoms with Crippen molar-refractivity contribution in [2.24, 2.45) is 0 Å². The molecular weight excluding hydrogens is 412 g/mol. The Hall–Kier alpha value is -2.22. The van der Waals surface area contributed by atoms with Crippen LogP contribution in [0, 0.1) is 0 Å². The number of pyridine rings is 1. The molecule has 0 spiro atoms. The molecule has 0 bridgehead atoms. The normalized spacial score (nSPS) is 14.4. The molecule has 3 aromatic heterocycles. The van der Waals surface area contributed by atoms with Crippen molar-refractivity contribution >= 4 is 49.3 Å². The molecule has 30 heavy (non-hydrogen) atoms. The summed E-state index contributed by atoms with van der Waals surface area (Å²) in [6.45, 7) is 2.14. The Kier molecular flexibility index (Phi) is 5.35. The van der Waals surface area contributed by atoms with Gasteiger partial charge in [0.05, 0.1) is 28.6 Å². The van der Waals surface area contributed by atoms with Crippen LogP contribution in [0.2, 0.25) is 0 Å². The van der Waals surface area contributed by atoms with E-state index < -0.39 is 0 Å². The number of thioether (sulfide) groups is 1. The molecule has 154 valence electrons. The Labute approximate surface area is 184 Å². The quantitative estimate of drug-likeness (QED) is 0.316. The van der Waals surface area contributed by atoms with Gasteiger partial charge in [0, 0.05) is 10.9 Å². The van der Waals surface area contributed by atoms with Gasteiger partial charge in [-0.3, -0.25) is 0 Å². The highest BCUT2D eigenvalue weighted by Crippen LogP contribution is 2.44. The predicted molar refractivity (Wildman–Crippen MR) is 127 cm³/mol. The van der Waals surface area contributed by atoms with Crippen LogP contribution in [-0.4, -0.2) is 39.0 Å². The molecule has 1 aromatic carbocycles. The van der Waals surface area contributed by atoms with E-state index in [1.165, 1.54) is 22.1 Å². The van der Waals surface area contributed by atoms with Crippen LogP contribution in [0.3, 0.4) is 0 Å². The van der Waals surface area contributed by atoms with Crippen LogP contribution in [0.5, 0.6) is 0 Å².